The van der Waals surface area contributed by atoms with Gasteiger partial charge < -0.3 is 10.1 Å². The largest absolute Gasteiger partial charge is 0.479 e. The van der Waals surface area contributed by atoms with Gasteiger partial charge in [-0.25, -0.2) is 0 Å². The van der Waals surface area contributed by atoms with Crippen LogP contribution in [0.1, 0.15) is 18.9 Å². The second-order valence-corrected chi connectivity index (χ2v) is 3.63. The van der Waals surface area contributed by atoms with E-state index < -0.39 is 0 Å². The number of nitrogens with one attached hydrogen (secondary N) is 1. The highest BCUT2D eigenvalue weighted by Gasteiger charge is 1.94. The van der Waals surface area contributed by atoms with E-state index in [1.807, 2.05) is 37.3 Å². The maximum Gasteiger partial charge on any atom is 0.174 e. The number of nitriles is 1. The quantitative estimate of drug-likeness (QED) is 0.578. The number of benzene rings is 1. The Morgan fingerprint density at radius 1 is 1.35 bits per heavy atom. The van der Waals surface area contributed by atoms with Crippen LogP contribution in [0.5, 0.6) is 5.75 Å². The van der Waals surface area contributed by atoms with Crippen LogP contribution in [-0.2, 0) is 6.54 Å². The molecule has 3 heteroatoms. The molecule has 0 saturated carbocycles. The summed E-state index contributed by atoms with van der Waals surface area (Å²) in [7, 11) is 0. The molecule has 90 valence electrons. The number of nitrogens with zero attached hydrogens (tertiary/aromatic N) is 1. The summed E-state index contributed by atoms with van der Waals surface area (Å²) in [6.45, 7) is 3.97. The molecular weight excluding hydrogens is 212 g/mol. The molecule has 0 amide bonds. The van der Waals surface area contributed by atoms with Gasteiger partial charge in [-0.05, 0) is 37.6 Å². The summed E-state index contributed by atoms with van der Waals surface area (Å²) in [5.41, 5.74) is 1.22. The van der Waals surface area contributed by atoms with Gasteiger partial charge in [-0.15, -0.1) is 0 Å². The van der Waals surface area contributed by atoms with E-state index in [-0.39, 0.29) is 6.61 Å². The predicted octanol–water partition coefficient (Wildman–Crippen LogP) is 2.64. The van der Waals surface area contributed by atoms with E-state index in [1.54, 1.807) is 0 Å². The highest BCUT2D eigenvalue weighted by Crippen LogP contribution is 2.11. The van der Waals surface area contributed by atoms with Gasteiger partial charge in [-0.2, -0.15) is 5.26 Å². The van der Waals surface area contributed by atoms with Crippen LogP contribution >= 0.6 is 0 Å². The third kappa shape index (κ3) is 5.74. The van der Waals surface area contributed by atoms with Crippen molar-refractivity contribution in [2.24, 2.45) is 0 Å². The molecule has 0 heterocycles. The lowest BCUT2D eigenvalue weighted by atomic mass is 10.2. The topological polar surface area (TPSA) is 45.0 Å². The van der Waals surface area contributed by atoms with E-state index >= 15 is 0 Å². The first-order valence-corrected chi connectivity index (χ1v) is 5.77. The van der Waals surface area contributed by atoms with Gasteiger partial charge in [0.25, 0.3) is 0 Å². The molecule has 1 aromatic rings. The first kappa shape index (κ1) is 13.3. The van der Waals surface area contributed by atoms with Crippen molar-refractivity contribution < 1.29 is 4.74 Å². The minimum absolute atomic E-state index is 0.0982. The zero-order valence-corrected chi connectivity index (χ0v) is 10.1. The molecule has 1 aromatic carbocycles. The minimum atomic E-state index is 0.0982. The SMILES string of the molecule is C/C=C/CCNCc1ccc(OCC#N)cc1. The summed E-state index contributed by atoms with van der Waals surface area (Å²) in [4.78, 5) is 0. The molecule has 1 N–H and O–H groups in total. The minimum Gasteiger partial charge on any atom is -0.479 e. The summed E-state index contributed by atoms with van der Waals surface area (Å²) in [6, 6.07) is 9.74. The van der Waals surface area contributed by atoms with Crippen LogP contribution in [0.4, 0.5) is 0 Å². The van der Waals surface area contributed by atoms with Crippen molar-refractivity contribution in [3.05, 3.63) is 42.0 Å². The lowest BCUT2D eigenvalue weighted by Gasteiger charge is -2.05. The summed E-state index contributed by atoms with van der Waals surface area (Å²) in [5, 5.41) is 11.7. The third-order valence-corrected chi connectivity index (χ3v) is 2.28. The van der Waals surface area contributed by atoms with Crippen molar-refractivity contribution in [2.75, 3.05) is 13.2 Å². The van der Waals surface area contributed by atoms with Crippen molar-refractivity contribution in [3.8, 4) is 11.8 Å². The second-order valence-electron chi connectivity index (χ2n) is 3.63. The molecule has 0 fully saturated rings. The van der Waals surface area contributed by atoms with E-state index in [0.29, 0.717) is 0 Å². The average Bonchev–Trinajstić information content (AvgIpc) is 2.37. The zero-order valence-electron chi connectivity index (χ0n) is 10.1. The van der Waals surface area contributed by atoms with Crippen molar-refractivity contribution in [1.82, 2.24) is 5.32 Å². The molecule has 0 bridgehead atoms. The molecule has 0 aliphatic carbocycles. The maximum atomic E-state index is 8.38. The molecule has 3 nitrogen and oxygen atoms in total. The van der Waals surface area contributed by atoms with E-state index in [0.717, 1.165) is 25.3 Å². The summed E-state index contributed by atoms with van der Waals surface area (Å²) >= 11 is 0. The van der Waals surface area contributed by atoms with Crippen LogP contribution in [0.25, 0.3) is 0 Å². The van der Waals surface area contributed by atoms with Crippen LogP contribution in [0, 0.1) is 11.3 Å². The number of hydrogen-bond acceptors (Lipinski definition) is 3. The van der Waals surface area contributed by atoms with Crippen LogP contribution in [-0.4, -0.2) is 13.2 Å². The Bertz CT molecular complexity index is 376. The van der Waals surface area contributed by atoms with Gasteiger partial charge >= 0.3 is 0 Å². The van der Waals surface area contributed by atoms with E-state index in [2.05, 4.69) is 17.5 Å². The number of rotatable bonds is 7. The Kier molecular flexibility index (Phi) is 6.54. The zero-order chi connectivity index (χ0) is 12.3. The molecule has 0 atom stereocenters. The second kappa shape index (κ2) is 8.37. The first-order chi connectivity index (χ1) is 8.36. The van der Waals surface area contributed by atoms with Crippen molar-refractivity contribution in [2.45, 2.75) is 19.9 Å². The number of allylic oxidation sites excluding steroid dienone is 1. The van der Waals surface area contributed by atoms with E-state index in [9.17, 15) is 0 Å². The average molecular weight is 230 g/mol. The molecule has 0 aliphatic rings. The predicted molar refractivity (Wildman–Crippen MR) is 68.7 cm³/mol. The van der Waals surface area contributed by atoms with Gasteiger partial charge in [0.15, 0.2) is 6.61 Å². The lowest BCUT2D eigenvalue weighted by Crippen LogP contribution is -2.13. The molecule has 17 heavy (non-hydrogen) atoms. The fraction of sp³-hybridized carbons (Fsp3) is 0.357. The molecule has 0 radical (unpaired) electrons. The summed E-state index contributed by atoms with van der Waals surface area (Å²) in [5.74, 6) is 0.740. The Morgan fingerprint density at radius 3 is 2.76 bits per heavy atom. The Morgan fingerprint density at radius 2 is 2.12 bits per heavy atom. The molecule has 1 rings (SSSR count). The number of hydrogen-bond donors (Lipinski definition) is 1. The first-order valence-electron chi connectivity index (χ1n) is 5.77. The van der Waals surface area contributed by atoms with Crippen LogP contribution in [0.2, 0.25) is 0 Å². The van der Waals surface area contributed by atoms with Gasteiger partial charge in [-0.3, -0.25) is 0 Å². The smallest absolute Gasteiger partial charge is 0.174 e. The van der Waals surface area contributed by atoms with Gasteiger partial charge in [0.1, 0.15) is 11.8 Å². The summed E-state index contributed by atoms with van der Waals surface area (Å²) < 4.78 is 5.18. The Labute approximate surface area is 103 Å². The summed E-state index contributed by atoms with van der Waals surface area (Å²) in [6.07, 6.45) is 5.26. The maximum absolute atomic E-state index is 8.38. The molecule has 0 saturated heterocycles. The van der Waals surface area contributed by atoms with Gasteiger partial charge in [0, 0.05) is 6.54 Å². The fourth-order valence-electron chi connectivity index (χ4n) is 1.40. The standard InChI is InChI=1S/C14H18N2O/c1-2-3-4-10-16-12-13-5-7-14(8-6-13)17-11-9-15/h2-3,5-8,16H,4,10-12H2,1H3/b3-2+. The fourth-order valence-corrected chi connectivity index (χ4v) is 1.40. The molecule has 0 spiro atoms. The number of ether oxygens (including phenoxy) is 1. The lowest BCUT2D eigenvalue weighted by molar-refractivity contribution is 0.368. The van der Waals surface area contributed by atoms with E-state index in [1.165, 1.54) is 5.56 Å². The van der Waals surface area contributed by atoms with Crippen LogP contribution < -0.4 is 10.1 Å². The van der Waals surface area contributed by atoms with E-state index in [4.69, 9.17) is 10.00 Å². The van der Waals surface area contributed by atoms with Gasteiger partial charge in [0.2, 0.25) is 0 Å². The highest BCUT2D eigenvalue weighted by atomic mass is 16.5. The van der Waals surface area contributed by atoms with Gasteiger partial charge in [0.05, 0.1) is 0 Å². The Balaban J connectivity index is 2.28. The third-order valence-electron chi connectivity index (χ3n) is 2.28. The van der Waals surface area contributed by atoms with Gasteiger partial charge in [-0.1, -0.05) is 24.3 Å². The van der Waals surface area contributed by atoms with Crippen molar-refractivity contribution in [1.29, 1.82) is 5.26 Å². The molecule has 0 unspecified atom stereocenters. The molecule has 0 aliphatic heterocycles. The normalized spacial score (nSPS) is 10.4. The highest BCUT2D eigenvalue weighted by molar-refractivity contribution is 5.27. The Hall–Kier alpha value is -1.79. The monoisotopic (exact) mass is 230 g/mol. The van der Waals surface area contributed by atoms with Crippen LogP contribution in [0.15, 0.2) is 36.4 Å². The van der Waals surface area contributed by atoms with Crippen LogP contribution in [0.3, 0.4) is 0 Å². The van der Waals surface area contributed by atoms with Crippen molar-refractivity contribution >= 4 is 0 Å². The molecule has 0 aromatic heterocycles. The molecular formula is C14H18N2O. The van der Waals surface area contributed by atoms with Crippen molar-refractivity contribution in [3.63, 3.8) is 0 Å².